The molecule has 1 unspecified atom stereocenters. The minimum absolute atomic E-state index is 0.0182. The van der Waals surface area contributed by atoms with Gasteiger partial charge in [0.25, 0.3) is 0 Å². The summed E-state index contributed by atoms with van der Waals surface area (Å²) in [4.78, 5) is 27.4. The Morgan fingerprint density at radius 2 is 1.62 bits per heavy atom. The predicted octanol–water partition coefficient (Wildman–Crippen LogP) is 5.04. The zero-order chi connectivity index (χ0) is 26.0. The summed E-state index contributed by atoms with van der Waals surface area (Å²) in [7, 11) is 0. The number of nitrogens with one attached hydrogen (secondary N) is 1. The molecule has 0 bridgehead atoms. The zero-order valence-corrected chi connectivity index (χ0v) is 22.5. The van der Waals surface area contributed by atoms with Crippen LogP contribution in [0.3, 0.4) is 0 Å². The third kappa shape index (κ3) is 6.40. The Morgan fingerprint density at radius 1 is 0.919 bits per heavy atom. The summed E-state index contributed by atoms with van der Waals surface area (Å²) in [6.07, 6.45) is 13.6. The molecule has 3 aliphatic rings. The summed E-state index contributed by atoms with van der Waals surface area (Å²) in [6.45, 7) is 7.13. The first-order valence-electron chi connectivity index (χ1n) is 14.1. The van der Waals surface area contributed by atoms with Gasteiger partial charge in [0, 0.05) is 43.6 Å². The van der Waals surface area contributed by atoms with E-state index < -0.39 is 5.60 Å². The van der Waals surface area contributed by atoms with Gasteiger partial charge in [-0.3, -0.25) is 9.13 Å². The molecule has 37 heavy (non-hydrogen) atoms. The quantitative estimate of drug-likeness (QED) is 0.589. The molecule has 8 nitrogen and oxygen atoms in total. The molecule has 202 valence electrons. The molecule has 1 aliphatic heterocycles. The van der Waals surface area contributed by atoms with E-state index >= 15 is 0 Å². The number of hydrogen-bond donors (Lipinski definition) is 1. The Balaban J connectivity index is 1.11. The summed E-state index contributed by atoms with van der Waals surface area (Å²) >= 11 is 0. The molecule has 1 saturated heterocycles. The topological polar surface area (TPSA) is 77.7 Å². The van der Waals surface area contributed by atoms with Gasteiger partial charge in [-0.25, -0.2) is 9.59 Å². The number of amides is 1. The maximum absolute atomic E-state index is 13.2. The average Bonchev–Trinajstić information content (AvgIpc) is 3.61. The van der Waals surface area contributed by atoms with Crippen molar-refractivity contribution in [2.75, 3.05) is 13.1 Å². The SMILES string of the molecule is CC(C)(C)OC(=O)N1CCC(NC2CCC(n3ccn(-c4ccc(OC5CCCC5)cc4)c3=O)CC2)C1. The maximum atomic E-state index is 13.2. The number of carbonyl (C=O) groups excluding carboxylic acids is 1. The number of nitrogens with zero attached hydrogens (tertiary/aromatic N) is 3. The van der Waals surface area contributed by atoms with Crippen LogP contribution in [0.4, 0.5) is 4.79 Å². The van der Waals surface area contributed by atoms with E-state index in [9.17, 15) is 9.59 Å². The van der Waals surface area contributed by atoms with Crippen molar-refractivity contribution in [2.24, 2.45) is 0 Å². The molecule has 3 fully saturated rings. The standard InChI is InChI=1S/C29H42N4O4/c1-29(2,3)37-28(35)31-17-16-22(20-31)30-21-8-10-23(11-9-21)32-18-19-33(27(32)34)24-12-14-26(15-13-24)36-25-6-4-5-7-25/h12-15,18-19,21-23,25,30H,4-11,16-17,20H2,1-3H3. The Labute approximate surface area is 219 Å². The maximum Gasteiger partial charge on any atom is 0.410 e. The van der Waals surface area contributed by atoms with Crippen LogP contribution in [0.2, 0.25) is 0 Å². The molecule has 1 aromatic carbocycles. The minimum Gasteiger partial charge on any atom is -0.490 e. The van der Waals surface area contributed by atoms with Gasteiger partial charge in [-0.05, 0) is 103 Å². The molecule has 1 aromatic heterocycles. The second-order valence-corrected chi connectivity index (χ2v) is 12.0. The van der Waals surface area contributed by atoms with E-state index in [0.29, 0.717) is 24.7 Å². The van der Waals surface area contributed by atoms with Crippen LogP contribution in [0.5, 0.6) is 5.75 Å². The summed E-state index contributed by atoms with van der Waals surface area (Å²) in [5.74, 6) is 0.880. The molecule has 2 aliphatic carbocycles. The number of rotatable bonds is 6. The van der Waals surface area contributed by atoms with Gasteiger partial charge >= 0.3 is 11.8 Å². The lowest BCUT2D eigenvalue weighted by atomic mass is 9.90. The number of imidazole rings is 1. The number of carbonyl (C=O) groups is 1. The molecule has 5 rings (SSSR count). The first-order chi connectivity index (χ1) is 17.7. The highest BCUT2D eigenvalue weighted by Crippen LogP contribution is 2.29. The number of ether oxygens (including phenoxy) is 2. The smallest absolute Gasteiger partial charge is 0.410 e. The van der Waals surface area contributed by atoms with Crippen molar-refractivity contribution in [3.63, 3.8) is 0 Å². The zero-order valence-electron chi connectivity index (χ0n) is 22.5. The van der Waals surface area contributed by atoms with Gasteiger partial charge in [0.1, 0.15) is 11.4 Å². The molecule has 2 heterocycles. The molecular formula is C29H42N4O4. The van der Waals surface area contributed by atoms with E-state index in [1.807, 2.05) is 66.9 Å². The van der Waals surface area contributed by atoms with E-state index in [-0.39, 0.29) is 17.8 Å². The fraction of sp³-hybridized carbons (Fsp3) is 0.655. The van der Waals surface area contributed by atoms with Crippen LogP contribution in [0, 0.1) is 0 Å². The van der Waals surface area contributed by atoms with E-state index in [2.05, 4.69) is 5.32 Å². The van der Waals surface area contributed by atoms with Crippen LogP contribution < -0.4 is 15.7 Å². The average molecular weight is 511 g/mol. The number of aromatic nitrogens is 2. The van der Waals surface area contributed by atoms with Crippen molar-refractivity contribution >= 4 is 6.09 Å². The van der Waals surface area contributed by atoms with Gasteiger partial charge in [-0.2, -0.15) is 0 Å². The van der Waals surface area contributed by atoms with Crippen LogP contribution in [0.15, 0.2) is 41.5 Å². The van der Waals surface area contributed by atoms with Gasteiger partial charge in [-0.1, -0.05) is 0 Å². The molecule has 1 amide bonds. The van der Waals surface area contributed by atoms with E-state index in [0.717, 1.165) is 62.9 Å². The normalized spacial score (nSPS) is 24.9. The van der Waals surface area contributed by atoms with Gasteiger partial charge in [0.15, 0.2) is 0 Å². The van der Waals surface area contributed by atoms with Crippen LogP contribution >= 0.6 is 0 Å². The van der Waals surface area contributed by atoms with Crippen molar-refractivity contribution < 1.29 is 14.3 Å². The number of likely N-dealkylation sites (tertiary alicyclic amines) is 1. The van der Waals surface area contributed by atoms with Crippen LogP contribution in [0.1, 0.15) is 84.6 Å². The Bertz CT molecular complexity index is 1100. The molecule has 0 radical (unpaired) electrons. The van der Waals surface area contributed by atoms with E-state index in [1.165, 1.54) is 12.8 Å². The van der Waals surface area contributed by atoms with Crippen LogP contribution in [-0.4, -0.2) is 57.0 Å². The fourth-order valence-electron chi connectivity index (χ4n) is 5.99. The molecule has 2 saturated carbocycles. The summed E-state index contributed by atoms with van der Waals surface area (Å²) in [6, 6.07) is 8.84. The van der Waals surface area contributed by atoms with Gasteiger partial charge in [0.2, 0.25) is 0 Å². The number of hydrogen-bond acceptors (Lipinski definition) is 5. The molecular weight excluding hydrogens is 468 g/mol. The summed E-state index contributed by atoms with van der Waals surface area (Å²) in [5, 5.41) is 3.76. The second-order valence-electron chi connectivity index (χ2n) is 12.0. The lowest BCUT2D eigenvalue weighted by molar-refractivity contribution is 0.0290. The fourth-order valence-corrected chi connectivity index (χ4v) is 5.99. The van der Waals surface area contributed by atoms with Crippen LogP contribution in [-0.2, 0) is 4.74 Å². The van der Waals surface area contributed by atoms with Gasteiger partial charge in [-0.15, -0.1) is 0 Å². The Hall–Kier alpha value is -2.74. The number of benzene rings is 1. The van der Waals surface area contributed by atoms with Gasteiger partial charge < -0.3 is 19.7 Å². The lowest BCUT2D eigenvalue weighted by Gasteiger charge is -2.31. The molecule has 8 heteroatoms. The summed E-state index contributed by atoms with van der Waals surface area (Å²) < 4.78 is 15.2. The lowest BCUT2D eigenvalue weighted by Crippen LogP contribution is -2.43. The first-order valence-corrected chi connectivity index (χ1v) is 14.1. The van der Waals surface area contributed by atoms with Crippen molar-refractivity contribution in [3.8, 4) is 11.4 Å². The highest BCUT2D eigenvalue weighted by molar-refractivity contribution is 5.68. The predicted molar refractivity (Wildman–Crippen MR) is 144 cm³/mol. The third-order valence-electron chi connectivity index (χ3n) is 7.92. The second kappa shape index (κ2) is 10.9. The van der Waals surface area contributed by atoms with Crippen molar-refractivity contribution in [2.45, 2.75) is 108 Å². The third-order valence-corrected chi connectivity index (χ3v) is 7.92. The molecule has 1 N–H and O–H groups in total. The summed E-state index contributed by atoms with van der Waals surface area (Å²) in [5.41, 5.74) is 0.420. The Kier molecular flexibility index (Phi) is 7.65. The molecule has 0 spiro atoms. The Morgan fingerprint density at radius 3 is 2.30 bits per heavy atom. The molecule has 1 atom stereocenters. The van der Waals surface area contributed by atoms with Crippen LogP contribution in [0.25, 0.3) is 5.69 Å². The van der Waals surface area contributed by atoms with Crippen molar-refractivity contribution in [1.29, 1.82) is 0 Å². The largest absolute Gasteiger partial charge is 0.490 e. The van der Waals surface area contributed by atoms with E-state index in [4.69, 9.17) is 9.47 Å². The first kappa shape index (κ1) is 25.9. The highest BCUT2D eigenvalue weighted by atomic mass is 16.6. The monoisotopic (exact) mass is 510 g/mol. The van der Waals surface area contributed by atoms with E-state index in [1.54, 1.807) is 4.57 Å². The highest BCUT2D eigenvalue weighted by Gasteiger charge is 2.32. The minimum atomic E-state index is -0.467. The molecule has 2 aromatic rings. The van der Waals surface area contributed by atoms with Crippen molar-refractivity contribution in [3.05, 3.63) is 47.1 Å². The van der Waals surface area contributed by atoms with Crippen molar-refractivity contribution in [1.82, 2.24) is 19.4 Å². The van der Waals surface area contributed by atoms with Gasteiger partial charge in [0.05, 0.1) is 11.8 Å².